The predicted octanol–water partition coefficient (Wildman–Crippen LogP) is 2.51. The average molecular weight is 302 g/mol. The van der Waals surface area contributed by atoms with Crippen molar-refractivity contribution < 1.29 is 8.78 Å². The molecule has 0 saturated heterocycles. The molecule has 90 valence electrons. The Morgan fingerprint density at radius 3 is 2.71 bits per heavy atom. The molecule has 2 N–H and O–H groups in total. The molecule has 17 heavy (non-hydrogen) atoms. The van der Waals surface area contributed by atoms with Crippen molar-refractivity contribution in [1.82, 2.24) is 9.78 Å². The third kappa shape index (κ3) is 2.23. The van der Waals surface area contributed by atoms with Crippen LogP contribution in [-0.4, -0.2) is 9.78 Å². The molecule has 0 amide bonds. The second kappa shape index (κ2) is 4.54. The van der Waals surface area contributed by atoms with Crippen LogP contribution in [0, 0.1) is 11.6 Å². The summed E-state index contributed by atoms with van der Waals surface area (Å²) in [7, 11) is 1.71. The highest BCUT2D eigenvalue weighted by Crippen LogP contribution is 2.28. The summed E-state index contributed by atoms with van der Waals surface area (Å²) >= 11 is 3.01. The van der Waals surface area contributed by atoms with Crippen molar-refractivity contribution in [1.29, 1.82) is 0 Å². The molecular formula is C11H10BrF2N3. The van der Waals surface area contributed by atoms with E-state index in [4.69, 9.17) is 5.73 Å². The SMILES string of the molecule is Cn1cc(C(N)c2c(F)ccc(Br)c2F)cn1. The summed E-state index contributed by atoms with van der Waals surface area (Å²) < 4.78 is 29.1. The van der Waals surface area contributed by atoms with E-state index < -0.39 is 17.7 Å². The first-order valence-electron chi connectivity index (χ1n) is 4.88. The summed E-state index contributed by atoms with van der Waals surface area (Å²) in [4.78, 5) is 0. The average Bonchev–Trinajstić information content (AvgIpc) is 2.71. The fourth-order valence-corrected chi connectivity index (χ4v) is 1.94. The molecule has 1 heterocycles. The van der Waals surface area contributed by atoms with Crippen LogP contribution in [0.4, 0.5) is 8.78 Å². The van der Waals surface area contributed by atoms with E-state index >= 15 is 0 Å². The van der Waals surface area contributed by atoms with Crippen molar-refractivity contribution in [3.63, 3.8) is 0 Å². The van der Waals surface area contributed by atoms with E-state index in [1.807, 2.05) is 0 Å². The van der Waals surface area contributed by atoms with Gasteiger partial charge < -0.3 is 5.73 Å². The van der Waals surface area contributed by atoms with Gasteiger partial charge in [-0.15, -0.1) is 0 Å². The Morgan fingerprint density at radius 2 is 2.12 bits per heavy atom. The van der Waals surface area contributed by atoms with E-state index in [1.165, 1.54) is 23.0 Å². The molecule has 0 aliphatic heterocycles. The normalized spacial score (nSPS) is 12.8. The number of rotatable bonds is 2. The van der Waals surface area contributed by atoms with Crippen LogP contribution >= 0.6 is 15.9 Å². The van der Waals surface area contributed by atoms with E-state index in [9.17, 15) is 8.78 Å². The lowest BCUT2D eigenvalue weighted by Crippen LogP contribution is -2.15. The third-order valence-corrected chi connectivity index (χ3v) is 3.09. The van der Waals surface area contributed by atoms with Gasteiger partial charge >= 0.3 is 0 Å². The molecule has 1 atom stereocenters. The predicted molar refractivity (Wildman–Crippen MR) is 63.3 cm³/mol. The van der Waals surface area contributed by atoms with Gasteiger partial charge in [-0.2, -0.15) is 5.10 Å². The van der Waals surface area contributed by atoms with Gasteiger partial charge in [-0.05, 0) is 28.1 Å². The highest BCUT2D eigenvalue weighted by Gasteiger charge is 2.21. The fourth-order valence-electron chi connectivity index (χ4n) is 1.60. The van der Waals surface area contributed by atoms with Crippen molar-refractivity contribution >= 4 is 15.9 Å². The minimum absolute atomic E-state index is 0.160. The second-order valence-corrected chi connectivity index (χ2v) is 4.54. The fraction of sp³-hybridized carbons (Fsp3) is 0.182. The van der Waals surface area contributed by atoms with Crippen molar-refractivity contribution in [3.05, 3.63) is 51.8 Å². The minimum atomic E-state index is -0.874. The molecule has 3 nitrogen and oxygen atoms in total. The van der Waals surface area contributed by atoms with Crippen molar-refractivity contribution in [2.75, 3.05) is 0 Å². The van der Waals surface area contributed by atoms with Crippen LogP contribution in [0.3, 0.4) is 0 Å². The van der Waals surface area contributed by atoms with E-state index in [0.29, 0.717) is 5.56 Å². The van der Waals surface area contributed by atoms with Gasteiger partial charge in [0.05, 0.1) is 16.7 Å². The van der Waals surface area contributed by atoms with Gasteiger partial charge in [-0.25, -0.2) is 8.78 Å². The highest BCUT2D eigenvalue weighted by molar-refractivity contribution is 9.10. The number of nitrogens with two attached hydrogens (primary N) is 1. The van der Waals surface area contributed by atoms with E-state index in [-0.39, 0.29) is 10.0 Å². The summed E-state index contributed by atoms with van der Waals surface area (Å²) in [5.41, 5.74) is 6.24. The summed E-state index contributed by atoms with van der Waals surface area (Å²) in [5, 5.41) is 3.93. The Labute approximate surface area is 105 Å². The number of aryl methyl sites for hydroxylation is 1. The molecule has 2 aromatic rings. The largest absolute Gasteiger partial charge is 0.320 e. The number of hydrogen-bond acceptors (Lipinski definition) is 2. The van der Waals surface area contributed by atoms with Gasteiger partial charge in [0, 0.05) is 24.4 Å². The Morgan fingerprint density at radius 1 is 1.41 bits per heavy atom. The van der Waals surface area contributed by atoms with Crippen LogP contribution in [0.5, 0.6) is 0 Å². The molecule has 1 unspecified atom stereocenters. The standard InChI is InChI=1S/C11H10BrF2N3/c1-17-5-6(4-16-17)11(15)9-8(13)3-2-7(12)10(9)14/h2-5,11H,15H2,1H3. The Kier molecular flexibility index (Phi) is 3.26. The van der Waals surface area contributed by atoms with Gasteiger partial charge in [0.25, 0.3) is 0 Å². The summed E-state index contributed by atoms with van der Waals surface area (Å²) in [5.74, 6) is -1.34. The molecule has 1 aromatic heterocycles. The number of nitrogens with zero attached hydrogens (tertiary/aromatic N) is 2. The van der Waals surface area contributed by atoms with Gasteiger partial charge in [-0.3, -0.25) is 4.68 Å². The molecule has 6 heteroatoms. The maximum Gasteiger partial charge on any atom is 0.145 e. The molecule has 0 aliphatic carbocycles. The minimum Gasteiger partial charge on any atom is -0.320 e. The Balaban J connectivity index is 2.50. The maximum atomic E-state index is 13.8. The lowest BCUT2D eigenvalue weighted by atomic mass is 10.0. The van der Waals surface area contributed by atoms with Crippen LogP contribution < -0.4 is 5.73 Å². The summed E-state index contributed by atoms with van der Waals surface area (Å²) in [6, 6.07) is 1.62. The molecule has 0 radical (unpaired) electrons. The van der Waals surface area contributed by atoms with Crippen LogP contribution in [0.25, 0.3) is 0 Å². The van der Waals surface area contributed by atoms with E-state index in [1.54, 1.807) is 13.2 Å². The first-order valence-corrected chi connectivity index (χ1v) is 5.67. The van der Waals surface area contributed by atoms with Gasteiger partial charge in [-0.1, -0.05) is 0 Å². The van der Waals surface area contributed by atoms with Crippen molar-refractivity contribution in [2.24, 2.45) is 12.8 Å². The number of aromatic nitrogens is 2. The molecule has 2 rings (SSSR count). The van der Waals surface area contributed by atoms with Crippen LogP contribution in [0.2, 0.25) is 0 Å². The lowest BCUT2D eigenvalue weighted by Gasteiger charge is -2.13. The molecule has 0 saturated carbocycles. The summed E-state index contributed by atoms with van der Waals surface area (Å²) in [6.07, 6.45) is 3.12. The van der Waals surface area contributed by atoms with Crippen LogP contribution in [-0.2, 0) is 7.05 Å². The first-order chi connectivity index (χ1) is 8.00. The second-order valence-electron chi connectivity index (χ2n) is 3.68. The lowest BCUT2D eigenvalue weighted by molar-refractivity contribution is 0.539. The van der Waals surface area contributed by atoms with Gasteiger partial charge in [0.1, 0.15) is 11.6 Å². The smallest absolute Gasteiger partial charge is 0.145 e. The topological polar surface area (TPSA) is 43.8 Å². The molecule has 1 aromatic carbocycles. The Bertz CT molecular complexity index is 554. The molecule has 0 aliphatic rings. The van der Waals surface area contributed by atoms with Crippen molar-refractivity contribution in [3.8, 4) is 0 Å². The van der Waals surface area contributed by atoms with Gasteiger partial charge in [0.15, 0.2) is 0 Å². The van der Waals surface area contributed by atoms with Gasteiger partial charge in [0.2, 0.25) is 0 Å². The van der Waals surface area contributed by atoms with E-state index in [0.717, 1.165) is 0 Å². The molecular weight excluding hydrogens is 292 g/mol. The zero-order valence-electron chi connectivity index (χ0n) is 8.99. The Hall–Kier alpha value is -1.27. The molecule has 0 fully saturated rings. The molecule has 0 spiro atoms. The monoisotopic (exact) mass is 301 g/mol. The van der Waals surface area contributed by atoms with Crippen LogP contribution in [0.15, 0.2) is 29.0 Å². The zero-order chi connectivity index (χ0) is 12.6. The van der Waals surface area contributed by atoms with E-state index in [2.05, 4.69) is 21.0 Å². The molecule has 0 bridgehead atoms. The van der Waals surface area contributed by atoms with Crippen molar-refractivity contribution in [2.45, 2.75) is 6.04 Å². The third-order valence-electron chi connectivity index (χ3n) is 2.47. The quantitative estimate of drug-likeness (QED) is 0.866. The number of benzene rings is 1. The van der Waals surface area contributed by atoms with Crippen LogP contribution in [0.1, 0.15) is 17.2 Å². The zero-order valence-corrected chi connectivity index (χ0v) is 10.6. The maximum absolute atomic E-state index is 13.8. The highest BCUT2D eigenvalue weighted by atomic mass is 79.9. The number of hydrogen-bond donors (Lipinski definition) is 1. The number of halogens is 3. The first kappa shape index (κ1) is 12.2. The summed E-state index contributed by atoms with van der Waals surface area (Å²) in [6.45, 7) is 0.